The van der Waals surface area contributed by atoms with E-state index in [1.807, 2.05) is 18.5 Å². The maximum absolute atomic E-state index is 4.31. The highest BCUT2D eigenvalue weighted by molar-refractivity contribution is 6.20. The van der Waals surface area contributed by atoms with Gasteiger partial charge in [-0.1, -0.05) is 121 Å². The molecule has 0 saturated heterocycles. The molecule has 0 aliphatic carbocycles. The lowest BCUT2D eigenvalue weighted by molar-refractivity contribution is 1.33. The van der Waals surface area contributed by atoms with E-state index in [4.69, 9.17) is 0 Å². The summed E-state index contributed by atoms with van der Waals surface area (Å²) in [5, 5.41) is 7.59. The van der Waals surface area contributed by atoms with E-state index < -0.39 is 0 Å². The lowest BCUT2D eigenvalue weighted by atomic mass is 9.87. The monoisotopic (exact) mass is 533 g/mol. The quantitative estimate of drug-likeness (QED) is 0.162. The van der Waals surface area contributed by atoms with E-state index in [2.05, 4.69) is 151 Å². The molecule has 1 heteroatoms. The number of hydrogen-bond acceptors (Lipinski definition) is 1. The van der Waals surface area contributed by atoms with Crippen LogP contribution in [0.1, 0.15) is 0 Å². The van der Waals surface area contributed by atoms with Gasteiger partial charge >= 0.3 is 0 Å². The molecule has 196 valence electrons. The Balaban J connectivity index is 1.38. The molecular weight excluding hydrogens is 506 g/mol. The third-order valence-electron chi connectivity index (χ3n) is 8.33. The molecule has 0 aliphatic heterocycles. The number of fused-ring (bicyclic) bond motifs is 4. The van der Waals surface area contributed by atoms with E-state index in [0.29, 0.717) is 0 Å². The van der Waals surface area contributed by atoms with E-state index >= 15 is 0 Å². The third-order valence-corrected chi connectivity index (χ3v) is 8.33. The second-order valence-electron chi connectivity index (χ2n) is 10.8. The van der Waals surface area contributed by atoms with Crippen LogP contribution in [0.3, 0.4) is 0 Å². The Kier molecular flexibility index (Phi) is 5.86. The summed E-state index contributed by atoms with van der Waals surface area (Å²) >= 11 is 0. The van der Waals surface area contributed by atoms with Gasteiger partial charge in [0, 0.05) is 12.4 Å². The van der Waals surface area contributed by atoms with Crippen molar-refractivity contribution in [3.63, 3.8) is 0 Å². The van der Waals surface area contributed by atoms with Crippen molar-refractivity contribution in [2.75, 3.05) is 0 Å². The number of pyridine rings is 1. The molecule has 0 bridgehead atoms. The van der Waals surface area contributed by atoms with Gasteiger partial charge in [0.1, 0.15) is 0 Å². The Labute approximate surface area is 245 Å². The lowest BCUT2D eigenvalue weighted by Crippen LogP contribution is -1.89. The number of rotatable bonds is 4. The van der Waals surface area contributed by atoms with Crippen LogP contribution >= 0.6 is 0 Å². The van der Waals surface area contributed by atoms with Crippen molar-refractivity contribution < 1.29 is 0 Å². The van der Waals surface area contributed by atoms with E-state index in [1.165, 1.54) is 71.3 Å². The molecule has 0 fully saturated rings. The van der Waals surface area contributed by atoms with Crippen LogP contribution in [0.2, 0.25) is 0 Å². The average molecular weight is 534 g/mol. The number of nitrogens with zero attached hydrogens (tertiary/aromatic N) is 1. The van der Waals surface area contributed by atoms with Crippen molar-refractivity contribution in [1.29, 1.82) is 0 Å². The van der Waals surface area contributed by atoms with Crippen LogP contribution in [0.5, 0.6) is 0 Å². The van der Waals surface area contributed by atoms with Gasteiger partial charge in [0.25, 0.3) is 0 Å². The van der Waals surface area contributed by atoms with Crippen molar-refractivity contribution in [1.82, 2.24) is 4.98 Å². The summed E-state index contributed by atoms with van der Waals surface area (Å²) in [6.07, 6.45) is 3.74. The largest absolute Gasteiger partial charge is 0.264 e. The number of benzene rings is 7. The smallest absolute Gasteiger partial charge is 0.0346 e. The van der Waals surface area contributed by atoms with Crippen LogP contribution < -0.4 is 0 Å². The van der Waals surface area contributed by atoms with Crippen LogP contribution in [0.4, 0.5) is 0 Å². The van der Waals surface area contributed by atoms with Gasteiger partial charge < -0.3 is 0 Å². The minimum atomic E-state index is 1.12. The van der Waals surface area contributed by atoms with Crippen molar-refractivity contribution in [3.05, 3.63) is 164 Å². The SMILES string of the molecule is c1ccc(-c2cccc(-c3cccc4c3cc(-c3ccc(-c5cccnc5)cc3)c3cc5ccccc5cc34)c2)cc1. The maximum Gasteiger partial charge on any atom is 0.0346 e. The molecule has 0 unspecified atom stereocenters. The number of hydrogen-bond donors (Lipinski definition) is 0. The average Bonchev–Trinajstić information content (AvgIpc) is 3.08. The summed E-state index contributed by atoms with van der Waals surface area (Å²) in [5.74, 6) is 0. The van der Waals surface area contributed by atoms with Crippen LogP contribution in [-0.4, -0.2) is 4.98 Å². The molecule has 1 nitrogen and oxygen atoms in total. The molecule has 0 spiro atoms. The minimum Gasteiger partial charge on any atom is -0.264 e. The summed E-state index contributed by atoms with van der Waals surface area (Å²) in [5.41, 5.74) is 9.66. The zero-order valence-corrected chi connectivity index (χ0v) is 23.0. The zero-order valence-electron chi connectivity index (χ0n) is 23.0. The highest BCUT2D eigenvalue weighted by Gasteiger charge is 2.14. The molecule has 42 heavy (non-hydrogen) atoms. The summed E-state index contributed by atoms with van der Waals surface area (Å²) in [4.78, 5) is 4.31. The van der Waals surface area contributed by atoms with Gasteiger partial charge in [-0.15, -0.1) is 0 Å². The molecule has 1 heterocycles. The van der Waals surface area contributed by atoms with Crippen molar-refractivity contribution in [2.45, 2.75) is 0 Å². The Hall–Kier alpha value is -5.53. The third kappa shape index (κ3) is 4.24. The lowest BCUT2D eigenvalue weighted by Gasteiger charge is -2.16. The Morgan fingerprint density at radius 3 is 1.71 bits per heavy atom. The molecule has 0 N–H and O–H groups in total. The predicted molar refractivity (Wildman–Crippen MR) is 178 cm³/mol. The molecule has 8 rings (SSSR count). The fraction of sp³-hybridized carbons (Fsp3) is 0. The van der Waals surface area contributed by atoms with E-state index in [9.17, 15) is 0 Å². The maximum atomic E-state index is 4.31. The van der Waals surface area contributed by atoms with E-state index in [0.717, 1.165) is 5.56 Å². The first-order chi connectivity index (χ1) is 20.8. The fourth-order valence-corrected chi connectivity index (χ4v) is 6.23. The van der Waals surface area contributed by atoms with E-state index in [1.54, 1.807) is 0 Å². The Morgan fingerprint density at radius 2 is 0.929 bits per heavy atom. The van der Waals surface area contributed by atoms with Crippen molar-refractivity contribution in [2.24, 2.45) is 0 Å². The second-order valence-corrected chi connectivity index (χ2v) is 10.8. The van der Waals surface area contributed by atoms with Gasteiger partial charge in [-0.05, 0) is 107 Å². The first-order valence-electron chi connectivity index (χ1n) is 14.4. The van der Waals surface area contributed by atoms with Crippen LogP contribution in [0.25, 0.3) is 76.8 Å². The minimum absolute atomic E-state index is 1.12. The molecule has 8 aromatic rings. The van der Waals surface area contributed by atoms with Gasteiger partial charge in [-0.25, -0.2) is 0 Å². The van der Waals surface area contributed by atoms with Gasteiger partial charge in [0.2, 0.25) is 0 Å². The molecule has 0 atom stereocenters. The number of aromatic nitrogens is 1. The molecular formula is C41H27N. The van der Waals surface area contributed by atoms with Gasteiger partial charge in [-0.3, -0.25) is 4.98 Å². The molecule has 0 radical (unpaired) electrons. The Bertz CT molecular complexity index is 2210. The zero-order chi connectivity index (χ0) is 27.9. The first-order valence-corrected chi connectivity index (χ1v) is 14.4. The predicted octanol–water partition coefficient (Wildman–Crippen LogP) is 11.2. The van der Waals surface area contributed by atoms with Gasteiger partial charge in [-0.2, -0.15) is 0 Å². The summed E-state index contributed by atoms with van der Waals surface area (Å²) in [7, 11) is 0. The van der Waals surface area contributed by atoms with E-state index in [-0.39, 0.29) is 0 Å². The van der Waals surface area contributed by atoms with Crippen LogP contribution in [0, 0.1) is 0 Å². The highest BCUT2D eigenvalue weighted by atomic mass is 14.6. The second kappa shape index (κ2) is 10.1. The standard InChI is InChI=1S/C41H27N/c1-2-9-28(10-3-1)31-13-6-14-34(23-31)36-16-7-17-37-39-24-32-11-4-5-12-33(32)25-40(39)38(26-41(36)37)30-20-18-29(19-21-30)35-15-8-22-42-27-35/h1-27H. The summed E-state index contributed by atoms with van der Waals surface area (Å²) in [6, 6.07) is 55.0. The fourth-order valence-electron chi connectivity index (χ4n) is 6.23. The molecule has 0 aliphatic rings. The molecule has 7 aromatic carbocycles. The first kappa shape index (κ1) is 24.3. The van der Waals surface area contributed by atoms with Crippen molar-refractivity contribution >= 4 is 32.3 Å². The molecule has 0 amide bonds. The van der Waals surface area contributed by atoms with Gasteiger partial charge in [0.05, 0.1) is 0 Å². The van der Waals surface area contributed by atoms with Crippen LogP contribution in [-0.2, 0) is 0 Å². The van der Waals surface area contributed by atoms with Gasteiger partial charge in [0.15, 0.2) is 0 Å². The summed E-state index contributed by atoms with van der Waals surface area (Å²) in [6.45, 7) is 0. The van der Waals surface area contributed by atoms with Crippen molar-refractivity contribution in [3.8, 4) is 44.5 Å². The normalized spacial score (nSPS) is 11.3. The molecule has 0 saturated carbocycles. The molecule has 1 aromatic heterocycles. The van der Waals surface area contributed by atoms with Crippen LogP contribution in [0.15, 0.2) is 164 Å². The topological polar surface area (TPSA) is 12.9 Å². The Morgan fingerprint density at radius 1 is 0.310 bits per heavy atom. The summed E-state index contributed by atoms with van der Waals surface area (Å²) < 4.78 is 0. The highest BCUT2D eigenvalue weighted by Crippen LogP contribution is 2.41.